The summed E-state index contributed by atoms with van der Waals surface area (Å²) in [6.45, 7) is 5.30. The standard InChI is InChI=1S/C28H27N3O4/c1-17-11-21(27-29-23-13-22(33-3)14-24(34-4)25(23)28(32)30-27)12-18(2)26(17)35-10-9-31-15-19-7-5-6-8-20(19)16-31/h5-8,11-16H,9-10H2,1-4H3,(H,29,30,32). The molecule has 2 heterocycles. The van der Waals surface area contributed by atoms with Crippen molar-refractivity contribution < 1.29 is 14.2 Å². The van der Waals surface area contributed by atoms with Crippen molar-refractivity contribution in [2.45, 2.75) is 20.4 Å². The van der Waals surface area contributed by atoms with E-state index in [1.54, 1.807) is 19.2 Å². The third kappa shape index (κ3) is 4.33. The third-order valence-electron chi connectivity index (χ3n) is 6.14. The zero-order valence-corrected chi connectivity index (χ0v) is 20.2. The Morgan fingerprint density at radius 3 is 2.26 bits per heavy atom. The first-order chi connectivity index (χ1) is 17.0. The number of methoxy groups -OCH3 is 2. The lowest BCUT2D eigenvalue weighted by molar-refractivity contribution is 0.295. The fourth-order valence-electron chi connectivity index (χ4n) is 4.46. The molecule has 7 nitrogen and oxygen atoms in total. The van der Waals surface area contributed by atoms with Gasteiger partial charge in [0.1, 0.15) is 35.1 Å². The van der Waals surface area contributed by atoms with Crippen LogP contribution >= 0.6 is 0 Å². The summed E-state index contributed by atoms with van der Waals surface area (Å²) in [5.74, 6) is 2.32. The van der Waals surface area contributed by atoms with Crippen LogP contribution in [0.1, 0.15) is 11.1 Å². The number of benzene rings is 3. The SMILES string of the molecule is COc1cc(OC)c2c(=O)[nH]c(-c3cc(C)c(OCCn4cc5ccccc5c4)c(C)c3)nc2c1. The van der Waals surface area contributed by atoms with Crippen molar-refractivity contribution in [3.63, 3.8) is 0 Å². The average Bonchev–Trinajstić information content (AvgIpc) is 3.27. The normalized spacial score (nSPS) is 11.2. The fraction of sp³-hybridized carbons (Fsp3) is 0.214. The van der Waals surface area contributed by atoms with Crippen LogP contribution in [0.25, 0.3) is 33.1 Å². The first kappa shape index (κ1) is 22.5. The first-order valence-electron chi connectivity index (χ1n) is 11.4. The lowest BCUT2D eigenvalue weighted by Gasteiger charge is -2.15. The summed E-state index contributed by atoms with van der Waals surface area (Å²) < 4.78 is 19.0. The Hall–Kier alpha value is -4.26. The maximum Gasteiger partial charge on any atom is 0.262 e. The minimum atomic E-state index is -0.265. The van der Waals surface area contributed by atoms with Crippen molar-refractivity contribution in [1.29, 1.82) is 0 Å². The Morgan fingerprint density at radius 2 is 1.63 bits per heavy atom. The molecule has 2 aromatic heterocycles. The molecule has 0 atom stereocenters. The molecule has 0 aliphatic carbocycles. The zero-order valence-electron chi connectivity index (χ0n) is 20.2. The summed E-state index contributed by atoms with van der Waals surface area (Å²) in [5, 5.41) is 2.83. The topological polar surface area (TPSA) is 78.4 Å². The molecule has 178 valence electrons. The van der Waals surface area contributed by atoms with Gasteiger partial charge in [-0.3, -0.25) is 4.79 Å². The van der Waals surface area contributed by atoms with E-state index < -0.39 is 0 Å². The van der Waals surface area contributed by atoms with Gasteiger partial charge in [-0.25, -0.2) is 4.98 Å². The van der Waals surface area contributed by atoms with Crippen LogP contribution in [0.2, 0.25) is 0 Å². The van der Waals surface area contributed by atoms with E-state index in [4.69, 9.17) is 19.2 Å². The predicted molar refractivity (Wildman–Crippen MR) is 138 cm³/mol. The lowest BCUT2D eigenvalue weighted by Crippen LogP contribution is -2.11. The van der Waals surface area contributed by atoms with Gasteiger partial charge in [-0.1, -0.05) is 24.3 Å². The Morgan fingerprint density at radius 1 is 0.943 bits per heavy atom. The molecule has 0 fully saturated rings. The van der Waals surface area contributed by atoms with Crippen LogP contribution in [0, 0.1) is 13.8 Å². The zero-order chi connectivity index (χ0) is 24.5. The van der Waals surface area contributed by atoms with Gasteiger partial charge in [0.25, 0.3) is 5.56 Å². The summed E-state index contributed by atoms with van der Waals surface area (Å²) in [6.07, 6.45) is 4.26. The second-order valence-corrected chi connectivity index (χ2v) is 8.55. The van der Waals surface area contributed by atoms with Crippen LogP contribution in [0.15, 0.2) is 65.7 Å². The van der Waals surface area contributed by atoms with Gasteiger partial charge < -0.3 is 23.8 Å². The van der Waals surface area contributed by atoms with E-state index in [1.165, 1.54) is 17.9 Å². The molecule has 5 rings (SSSR count). The van der Waals surface area contributed by atoms with E-state index in [1.807, 2.05) is 38.1 Å². The molecule has 0 saturated carbocycles. The monoisotopic (exact) mass is 469 g/mol. The maximum atomic E-state index is 12.9. The third-order valence-corrected chi connectivity index (χ3v) is 6.14. The number of rotatable bonds is 7. The van der Waals surface area contributed by atoms with Gasteiger partial charge >= 0.3 is 0 Å². The number of aromatic amines is 1. The molecule has 0 aliphatic rings. The predicted octanol–water partition coefficient (Wildman–Crippen LogP) is 5.26. The molecule has 35 heavy (non-hydrogen) atoms. The van der Waals surface area contributed by atoms with Gasteiger partial charge in [-0.2, -0.15) is 0 Å². The summed E-state index contributed by atoms with van der Waals surface area (Å²) in [4.78, 5) is 20.5. The molecule has 7 heteroatoms. The van der Waals surface area contributed by atoms with E-state index in [2.05, 4.69) is 34.1 Å². The molecule has 0 bridgehead atoms. The van der Waals surface area contributed by atoms with Crippen LogP contribution in [0.3, 0.4) is 0 Å². The highest BCUT2D eigenvalue weighted by Gasteiger charge is 2.15. The second-order valence-electron chi connectivity index (χ2n) is 8.55. The molecule has 0 amide bonds. The van der Waals surface area contributed by atoms with E-state index in [0.29, 0.717) is 34.8 Å². The van der Waals surface area contributed by atoms with Gasteiger partial charge in [-0.05, 0) is 47.9 Å². The smallest absolute Gasteiger partial charge is 0.262 e. The second kappa shape index (κ2) is 9.18. The van der Waals surface area contributed by atoms with Crippen molar-refractivity contribution in [2.24, 2.45) is 0 Å². The van der Waals surface area contributed by atoms with Crippen LogP contribution in [0.4, 0.5) is 0 Å². The summed E-state index contributed by atoms with van der Waals surface area (Å²) in [7, 11) is 3.09. The van der Waals surface area contributed by atoms with Crippen LogP contribution < -0.4 is 19.8 Å². The van der Waals surface area contributed by atoms with Crippen LogP contribution in [-0.4, -0.2) is 35.4 Å². The number of hydrogen-bond acceptors (Lipinski definition) is 5. The highest BCUT2D eigenvalue weighted by molar-refractivity contribution is 5.87. The summed E-state index contributed by atoms with van der Waals surface area (Å²) in [6, 6.07) is 15.7. The first-order valence-corrected chi connectivity index (χ1v) is 11.4. The highest BCUT2D eigenvalue weighted by atomic mass is 16.5. The number of aryl methyl sites for hydroxylation is 2. The van der Waals surface area contributed by atoms with Gasteiger partial charge in [0.2, 0.25) is 0 Å². The molecule has 0 aliphatic heterocycles. The minimum absolute atomic E-state index is 0.265. The Balaban J connectivity index is 1.41. The number of nitrogens with zero attached hydrogens (tertiary/aromatic N) is 2. The maximum absolute atomic E-state index is 12.9. The molecule has 5 aromatic rings. The molecule has 1 N–H and O–H groups in total. The van der Waals surface area contributed by atoms with Gasteiger partial charge in [0.05, 0.1) is 26.3 Å². The van der Waals surface area contributed by atoms with E-state index in [9.17, 15) is 4.79 Å². The van der Waals surface area contributed by atoms with Crippen LogP contribution in [0.5, 0.6) is 17.2 Å². The van der Waals surface area contributed by atoms with Crippen molar-refractivity contribution in [3.8, 4) is 28.6 Å². The number of hydrogen-bond donors (Lipinski definition) is 1. The largest absolute Gasteiger partial charge is 0.497 e. The summed E-state index contributed by atoms with van der Waals surface area (Å²) >= 11 is 0. The average molecular weight is 470 g/mol. The van der Waals surface area contributed by atoms with Gasteiger partial charge in [-0.15, -0.1) is 0 Å². The Kier molecular flexibility index (Phi) is 5.91. The number of aromatic nitrogens is 3. The quantitative estimate of drug-likeness (QED) is 0.352. The molecule has 0 radical (unpaired) electrons. The number of fused-ring (bicyclic) bond motifs is 2. The Bertz CT molecular complexity index is 1540. The fourth-order valence-corrected chi connectivity index (χ4v) is 4.46. The number of ether oxygens (including phenoxy) is 3. The van der Waals surface area contributed by atoms with Crippen LogP contribution in [-0.2, 0) is 6.54 Å². The molecular weight excluding hydrogens is 442 g/mol. The Labute approximate surface area is 202 Å². The summed E-state index contributed by atoms with van der Waals surface area (Å²) in [5.41, 5.74) is 3.01. The molecule has 3 aromatic carbocycles. The molecular formula is C28H27N3O4. The van der Waals surface area contributed by atoms with Crippen molar-refractivity contribution in [1.82, 2.24) is 14.5 Å². The van der Waals surface area contributed by atoms with Gasteiger partial charge in [0.15, 0.2) is 0 Å². The highest BCUT2D eigenvalue weighted by Crippen LogP contribution is 2.31. The molecule has 0 unspecified atom stereocenters. The van der Waals surface area contributed by atoms with E-state index in [0.717, 1.165) is 29.0 Å². The van der Waals surface area contributed by atoms with Crippen molar-refractivity contribution in [2.75, 3.05) is 20.8 Å². The number of H-pyrrole nitrogens is 1. The molecule has 0 saturated heterocycles. The van der Waals surface area contributed by atoms with Crippen molar-refractivity contribution in [3.05, 3.63) is 82.4 Å². The van der Waals surface area contributed by atoms with Crippen molar-refractivity contribution >= 4 is 21.7 Å². The lowest BCUT2D eigenvalue weighted by atomic mass is 10.0. The molecule has 0 spiro atoms. The minimum Gasteiger partial charge on any atom is -0.497 e. The van der Waals surface area contributed by atoms with Gasteiger partial charge in [0, 0.05) is 30.1 Å². The van der Waals surface area contributed by atoms with E-state index >= 15 is 0 Å². The van der Waals surface area contributed by atoms with E-state index in [-0.39, 0.29) is 5.56 Å². The number of nitrogens with one attached hydrogen (secondary N) is 1.